The summed E-state index contributed by atoms with van der Waals surface area (Å²) in [6, 6.07) is 5.95. The van der Waals surface area contributed by atoms with Gasteiger partial charge in [-0.05, 0) is 37.8 Å². The van der Waals surface area contributed by atoms with Crippen molar-refractivity contribution in [3.05, 3.63) is 35.8 Å². The van der Waals surface area contributed by atoms with E-state index in [-0.39, 0.29) is 5.91 Å². The van der Waals surface area contributed by atoms with Crippen LogP contribution in [-0.4, -0.2) is 64.5 Å². The van der Waals surface area contributed by atoms with Crippen LogP contribution in [0.15, 0.2) is 24.4 Å². The van der Waals surface area contributed by atoms with Crippen LogP contribution in [0.4, 0.5) is 0 Å². The SMILES string of the molecule is COC1CCN(Cc2c(C(=O)N3CCCC3)nc3ccccn23)CC1. The molecule has 2 saturated heterocycles. The quantitative estimate of drug-likeness (QED) is 0.855. The molecule has 6 nitrogen and oxygen atoms in total. The van der Waals surface area contributed by atoms with E-state index in [1.54, 1.807) is 7.11 Å². The lowest BCUT2D eigenvalue weighted by atomic mass is 10.1. The molecule has 2 aliphatic rings. The van der Waals surface area contributed by atoms with Crippen molar-refractivity contribution in [1.82, 2.24) is 19.2 Å². The molecule has 134 valence electrons. The average Bonchev–Trinajstić information content (AvgIpc) is 3.30. The lowest BCUT2D eigenvalue weighted by Crippen LogP contribution is -2.37. The fraction of sp³-hybridized carbons (Fsp3) is 0.579. The van der Waals surface area contributed by atoms with Gasteiger partial charge in [0.1, 0.15) is 5.65 Å². The highest BCUT2D eigenvalue weighted by atomic mass is 16.5. The molecule has 0 atom stereocenters. The molecule has 0 spiro atoms. The summed E-state index contributed by atoms with van der Waals surface area (Å²) in [7, 11) is 1.79. The van der Waals surface area contributed by atoms with Gasteiger partial charge in [-0.3, -0.25) is 9.69 Å². The monoisotopic (exact) mass is 342 g/mol. The summed E-state index contributed by atoms with van der Waals surface area (Å²) in [4.78, 5) is 22.0. The Labute approximate surface area is 148 Å². The fourth-order valence-electron chi connectivity index (χ4n) is 3.95. The number of piperidine rings is 1. The summed E-state index contributed by atoms with van der Waals surface area (Å²) in [5.74, 6) is 0.0861. The Kier molecular flexibility index (Phi) is 4.72. The zero-order chi connectivity index (χ0) is 17.2. The van der Waals surface area contributed by atoms with Crippen LogP contribution in [-0.2, 0) is 11.3 Å². The zero-order valence-electron chi connectivity index (χ0n) is 14.9. The molecule has 0 aromatic carbocycles. The second kappa shape index (κ2) is 7.14. The van der Waals surface area contributed by atoms with Gasteiger partial charge in [-0.25, -0.2) is 4.98 Å². The number of carbonyl (C=O) groups is 1. The van der Waals surface area contributed by atoms with Gasteiger partial charge in [0.05, 0.1) is 11.8 Å². The first-order valence-electron chi connectivity index (χ1n) is 9.26. The Bertz CT molecular complexity index is 743. The minimum Gasteiger partial charge on any atom is -0.381 e. The van der Waals surface area contributed by atoms with Crippen LogP contribution in [0.1, 0.15) is 41.9 Å². The predicted molar refractivity (Wildman–Crippen MR) is 95.6 cm³/mol. The average molecular weight is 342 g/mol. The first-order chi connectivity index (χ1) is 12.3. The Balaban J connectivity index is 1.62. The molecule has 0 N–H and O–H groups in total. The summed E-state index contributed by atoms with van der Waals surface area (Å²) in [5.41, 5.74) is 2.50. The second-order valence-corrected chi connectivity index (χ2v) is 7.05. The van der Waals surface area contributed by atoms with E-state index in [1.165, 1.54) is 0 Å². The number of amides is 1. The van der Waals surface area contributed by atoms with Gasteiger partial charge in [0, 0.05) is 46.0 Å². The van der Waals surface area contributed by atoms with Crippen LogP contribution in [0.25, 0.3) is 5.65 Å². The first-order valence-corrected chi connectivity index (χ1v) is 9.26. The van der Waals surface area contributed by atoms with E-state index in [1.807, 2.05) is 29.3 Å². The van der Waals surface area contributed by atoms with E-state index in [0.717, 1.165) is 69.7 Å². The number of nitrogens with zero attached hydrogens (tertiary/aromatic N) is 4. The highest BCUT2D eigenvalue weighted by Gasteiger charge is 2.28. The van der Waals surface area contributed by atoms with Crippen molar-refractivity contribution in [2.75, 3.05) is 33.3 Å². The smallest absolute Gasteiger partial charge is 0.274 e. The van der Waals surface area contributed by atoms with Gasteiger partial charge in [0.25, 0.3) is 5.91 Å². The predicted octanol–water partition coefficient (Wildman–Crippen LogP) is 2.18. The highest BCUT2D eigenvalue weighted by Crippen LogP contribution is 2.21. The molecule has 25 heavy (non-hydrogen) atoms. The van der Waals surface area contributed by atoms with Gasteiger partial charge < -0.3 is 14.0 Å². The zero-order valence-corrected chi connectivity index (χ0v) is 14.9. The molecule has 4 heterocycles. The van der Waals surface area contributed by atoms with Crippen molar-refractivity contribution in [2.45, 2.75) is 38.3 Å². The Morgan fingerprint density at radius 1 is 1.20 bits per heavy atom. The molecular weight excluding hydrogens is 316 g/mol. The minimum atomic E-state index is 0.0861. The van der Waals surface area contributed by atoms with Crippen molar-refractivity contribution in [3.8, 4) is 0 Å². The van der Waals surface area contributed by atoms with E-state index in [0.29, 0.717) is 11.8 Å². The van der Waals surface area contributed by atoms with Crippen molar-refractivity contribution >= 4 is 11.6 Å². The van der Waals surface area contributed by atoms with Crippen molar-refractivity contribution in [3.63, 3.8) is 0 Å². The maximum atomic E-state index is 13.0. The topological polar surface area (TPSA) is 50.1 Å². The molecule has 0 unspecified atom stereocenters. The van der Waals surface area contributed by atoms with Crippen LogP contribution < -0.4 is 0 Å². The fourth-order valence-corrected chi connectivity index (χ4v) is 3.95. The normalized spacial score (nSPS) is 19.8. The van der Waals surface area contributed by atoms with Crippen LogP contribution >= 0.6 is 0 Å². The number of likely N-dealkylation sites (tertiary alicyclic amines) is 2. The van der Waals surface area contributed by atoms with E-state index >= 15 is 0 Å². The molecule has 2 aromatic rings. The number of methoxy groups -OCH3 is 1. The molecule has 0 radical (unpaired) electrons. The number of fused-ring (bicyclic) bond motifs is 1. The number of rotatable bonds is 4. The summed E-state index contributed by atoms with van der Waals surface area (Å²) < 4.78 is 7.54. The lowest BCUT2D eigenvalue weighted by Gasteiger charge is -2.31. The molecule has 1 amide bonds. The minimum absolute atomic E-state index is 0.0861. The molecule has 4 rings (SSSR count). The van der Waals surface area contributed by atoms with Gasteiger partial charge in [-0.15, -0.1) is 0 Å². The highest BCUT2D eigenvalue weighted by molar-refractivity contribution is 5.94. The largest absolute Gasteiger partial charge is 0.381 e. The summed E-state index contributed by atoms with van der Waals surface area (Å²) in [6.07, 6.45) is 6.66. The molecular formula is C19H26N4O2. The Morgan fingerprint density at radius 2 is 1.96 bits per heavy atom. The number of carbonyl (C=O) groups excluding carboxylic acids is 1. The third-order valence-electron chi connectivity index (χ3n) is 5.47. The van der Waals surface area contributed by atoms with Crippen LogP contribution in [0.5, 0.6) is 0 Å². The number of aromatic nitrogens is 2. The molecule has 0 saturated carbocycles. The van der Waals surface area contributed by atoms with Crippen LogP contribution in [0, 0.1) is 0 Å². The van der Waals surface area contributed by atoms with Crippen molar-refractivity contribution in [1.29, 1.82) is 0 Å². The Morgan fingerprint density at radius 3 is 2.68 bits per heavy atom. The van der Waals surface area contributed by atoms with Gasteiger partial charge in [-0.2, -0.15) is 0 Å². The van der Waals surface area contributed by atoms with Crippen LogP contribution in [0.3, 0.4) is 0 Å². The second-order valence-electron chi connectivity index (χ2n) is 7.05. The van der Waals surface area contributed by atoms with Gasteiger partial charge >= 0.3 is 0 Å². The van der Waals surface area contributed by atoms with Gasteiger partial charge in [0.2, 0.25) is 0 Å². The van der Waals surface area contributed by atoms with Gasteiger partial charge in [0.15, 0.2) is 5.69 Å². The van der Waals surface area contributed by atoms with Crippen LogP contribution in [0.2, 0.25) is 0 Å². The summed E-state index contributed by atoms with van der Waals surface area (Å²) in [5, 5.41) is 0. The molecule has 0 aliphatic carbocycles. The standard InChI is InChI=1S/C19H26N4O2/c1-25-15-7-12-21(13-8-15)14-16-18(19(24)22-9-4-5-10-22)20-17-6-2-3-11-23(16)17/h2-3,6,11,15H,4-5,7-10,12-14H2,1H3. The maximum Gasteiger partial charge on any atom is 0.274 e. The lowest BCUT2D eigenvalue weighted by molar-refractivity contribution is 0.0382. The molecule has 6 heteroatoms. The van der Waals surface area contributed by atoms with Crippen molar-refractivity contribution in [2.24, 2.45) is 0 Å². The van der Waals surface area contributed by atoms with Crippen molar-refractivity contribution < 1.29 is 9.53 Å². The number of hydrogen-bond donors (Lipinski definition) is 0. The summed E-state index contributed by atoms with van der Waals surface area (Å²) in [6.45, 7) is 4.46. The number of pyridine rings is 1. The molecule has 2 aromatic heterocycles. The molecule has 0 bridgehead atoms. The number of imidazole rings is 1. The Hall–Kier alpha value is -1.92. The number of hydrogen-bond acceptors (Lipinski definition) is 4. The van der Waals surface area contributed by atoms with E-state index in [9.17, 15) is 4.79 Å². The third kappa shape index (κ3) is 3.28. The number of ether oxygens (including phenoxy) is 1. The van der Waals surface area contributed by atoms with E-state index in [2.05, 4.69) is 14.3 Å². The molecule has 2 aliphatic heterocycles. The third-order valence-corrected chi connectivity index (χ3v) is 5.47. The first kappa shape index (κ1) is 16.5. The van der Waals surface area contributed by atoms with Gasteiger partial charge in [-0.1, -0.05) is 6.07 Å². The molecule has 2 fully saturated rings. The van der Waals surface area contributed by atoms with E-state index < -0.39 is 0 Å². The summed E-state index contributed by atoms with van der Waals surface area (Å²) >= 11 is 0. The van der Waals surface area contributed by atoms with E-state index in [4.69, 9.17) is 4.74 Å². The maximum absolute atomic E-state index is 13.0.